The van der Waals surface area contributed by atoms with Gasteiger partial charge in [-0.1, -0.05) is 5.21 Å². The summed E-state index contributed by atoms with van der Waals surface area (Å²) in [5.74, 6) is 2.81. The Morgan fingerprint density at radius 2 is 1.56 bits per heavy atom. The van der Waals surface area contributed by atoms with E-state index >= 15 is 0 Å². The van der Waals surface area contributed by atoms with E-state index in [-0.39, 0.29) is 12.5 Å². The summed E-state index contributed by atoms with van der Waals surface area (Å²) in [5, 5.41) is 8.68. The zero-order valence-electron chi connectivity index (χ0n) is 20.2. The fourth-order valence-corrected chi connectivity index (χ4v) is 4.07. The lowest BCUT2D eigenvalue weighted by Gasteiger charge is -2.35. The lowest BCUT2D eigenvalue weighted by Crippen LogP contribution is -2.50. The molecule has 0 aliphatic carbocycles. The van der Waals surface area contributed by atoms with Crippen molar-refractivity contribution in [3.8, 4) is 22.9 Å². The number of nitrogens with zero attached hydrogens (tertiary/aromatic N) is 7. The average molecular weight is 490 g/mol. The minimum absolute atomic E-state index is 0.0134. The Balaban J connectivity index is 1.22. The summed E-state index contributed by atoms with van der Waals surface area (Å²) in [4.78, 5) is 25.5. The third kappa shape index (κ3) is 4.85. The first kappa shape index (κ1) is 23.3. The molecule has 1 fully saturated rings. The third-order valence-corrected chi connectivity index (χ3v) is 5.96. The minimum Gasteiger partial charge on any atom is -0.497 e. The van der Waals surface area contributed by atoms with Crippen LogP contribution in [0.25, 0.3) is 16.9 Å². The predicted octanol–water partition coefficient (Wildman–Crippen LogP) is 2.35. The highest BCUT2D eigenvalue weighted by Gasteiger charge is 2.25. The molecule has 1 saturated heterocycles. The van der Waals surface area contributed by atoms with Gasteiger partial charge in [0.05, 0.1) is 19.4 Å². The molecule has 0 bridgehead atoms. The van der Waals surface area contributed by atoms with Crippen molar-refractivity contribution in [2.75, 3.05) is 51.4 Å². The smallest absolute Gasteiger partial charge is 0.260 e. The van der Waals surface area contributed by atoms with Gasteiger partial charge in [-0.15, -0.1) is 5.10 Å². The van der Waals surface area contributed by atoms with Gasteiger partial charge in [0.2, 0.25) is 0 Å². The number of rotatable bonds is 8. The fraction of sp³-hybridized carbons (Fsp3) is 0.320. The van der Waals surface area contributed by atoms with Crippen LogP contribution >= 0.6 is 0 Å². The molecule has 186 valence electrons. The third-order valence-electron chi connectivity index (χ3n) is 5.96. The molecule has 11 heteroatoms. The second-order valence-electron chi connectivity index (χ2n) is 8.13. The number of ether oxygens (including phenoxy) is 3. The maximum absolute atomic E-state index is 12.7. The van der Waals surface area contributed by atoms with E-state index < -0.39 is 0 Å². The van der Waals surface area contributed by atoms with Gasteiger partial charge >= 0.3 is 0 Å². The maximum atomic E-state index is 12.7. The maximum Gasteiger partial charge on any atom is 0.260 e. The molecule has 2 aromatic heterocycles. The summed E-state index contributed by atoms with van der Waals surface area (Å²) in [6, 6.07) is 14.8. The van der Waals surface area contributed by atoms with Crippen molar-refractivity contribution < 1.29 is 19.0 Å². The largest absolute Gasteiger partial charge is 0.497 e. The molecular weight excluding hydrogens is 462 g/mol. The number of aromatic nitrogens is 5. The van der Waals surface area contributed by atoms with Crippen molar-refractivity contribution in [1.82, 2.24) is 29.9 Å². The van der Waals surface area contributed by atoms with Crippen molar-refractivity contribution in [2.45, 2.75) is 6.92 Å². The van der Waals surface area contributed by atoms with Gasteiger partial charge in [0, 0.05) is 26.2 Å². The fourth-order valence-electron chi connectivity index (χ4n) is 4.07. The first-order valence-electron chi connectivity index (χ1n) is 11.8. The Labute approximate surface area is 208 Å². The summed E-state index contributed by atoms with van der Waals surface area (Å²) >= 11 is 0. The molecule has 11 nitrogen and oxygen atoms in total. The van der Waals surface area contributed by atoms with Gasteiger partial charge in [-0.05, 0) is 55.5 Å². The molecular formula is C25H27N7O4. The summed E-state index contributed by atoms with van der Waals surface area (Å²) < 4.78 is 18.0. The molecule has 3 heterocycles. The van der Waals surface area contributed by atoms with Gasteiger partial charge in [0.1, 0.15) is 23.6 Å². The van der Waals surface area contributed by atoms with Crippen LogP contribution in [0.15, 0.2) is 54.9 Å². The highest BCUT2D eigenvalue weighted by atomic mass is 16.5. The van der Waals surface area contributed by atoms with Crippen LogP contribution in [-0.2, 0) is 4.79 Å². The monoisotopic (exact) mass is 489 g/mol. The summed E-state index contributed by atoms with van der Waals surface area (Å²) in [6.07, 6.45) is 1.52. The van der Waals surface area contributed by atoms with E-state index in [0.29, 0.717) is 55.5 Å². The molecule has 0 saturated carbocycles. The second kappa shape index (κ2) is 10.5. The van der Waals surface area contributed by atoms with E-state index in [4.69, 9.17) is 14.2 Å². The lowest BCUT2D eigenvalue weighted by atomic mass is 10.3. The van der Waals surface area contributed by atoms with E-state index in [1.54, 1.807) is 41.0 Å². The number of methoxy groups -OCH3 is 1. The number of carbonyl (C=O) groups is 1. The molecule has 2 aromatic carbocycles. The number of piperazine rings is 1. The standard InChI is InChI=1S/C25H27N7O4/c1-3-35-20-6-4-18(5-7-20)32-25-23(28-29-32)24(26-17-27-25)31-14-12-30(13-15-31)22(33)16-36-21-10-8-19(34-2)9-11-21/h4-11,17H,3,12-16H2,1-2H3. The van der Waals surface area contributed by atoms with Crippen LogP contribution in [0.5, 0.6) is 17.2 Å². The Morgan fingerprint density at radius 3 is 2.25 bits per heavy atom. The topological polar surface area (TPSA) is 108 Å². The number of fused-ring (bicyclic) bond motifs is 1. The molecule has 36 heavy (non-hydrogen) atoms. The van der Waals surface area contributed by atoms with E-state index in [1.165, 1.54) is 6.33 Å². The van der Waals surface area contributed by atoms with Crippen molar-refractivity contribution in [3.05, 3.63) is 54.9 Å². The molecule has 0 N–H and O–H groups in total. The van der Waals surface area contributed by atoms with Gasteiger partial charge in [0.25, 0.3) is 5.91 Å². The van der Waals surface area contributed by atoms with Crippen molar-refractivity contribution in [2.24, 2.45) is 0 Å². The van der Waals surface area contributed by atoms with Crippen LogP contribution in [0.4, 0.5) is 5.82 Å². The quantitative estimate of drug-likeness (QED) is 0.368. The van der Waals surface area contributed by atoms with Gasteiger partial charge in [-0.25, -0.2) is 9.97 Å². The van der Waals surface area contributed by atoms with Crippen molar-refractivity contribution in [3.63, 3.8) is 0 Å². The predicted molar refractivity (Wildman–Crippen MR) is 133 cm³/mol. The van der Waals surface area contributed by atoms with Crippen molar-refractivity contribution >= 4 is 22.9 Å². The Morgan fingerprint density at radius 1 is 0.889 bits per heavy atom. The number of hydrogen-bond acceptors (Lipinski definition) is 9. The van der Waals surface area contributed by atoms with Crippen LogP contribution in [-0.4, -0.2) is 82.3 Å². The number of hydrogen-bond donors (Lipinski definition) is 0. The average Bonchev–Trinajstić information content (AvgIpc) is 3.37. The van der Waals surface area contributed by atoms with E-state index in [9.17, 15) is 4.79 Å². The number of anilines is 1. The summed E-state index contributed by atoms with van der Waals surface area (Å²) in [5.41, 5.74) is 2.07. The highest BCUT2D eigenvalue weighted by Crippen LogP contribution is 2.24. The Hall–Kier alpha value is -4.41. The van der Waals surface area contributed by atoms with E-state index in [0.717, 1.165) is 17.2 Å². The van der Waals surface area contributed by atoms with Gasteiger partial charge < -0.3 is 24.0 Å². The van der Waals surface area contributed by atoms with Gasteiger partial charge in [-0.2, -0.15) is 4.68 Å². The van der Waals surface area contributed by atoms with Gasteiger partial charge in [0.15, 0.2) is 23.6 Å². The first-order valence-corrected chi connectivity index (χ1v) is 11.8. The SMILES string of the molecule is CCOc1ccc(-n2nnc3c(N4CCN(C(=O)COc5ccc(OC)cc5)CC4)ncnc32)cc1. The van der Waals surface area contributed by atoms with Crippen LogP contribution in [0.1, 0.15) is 6.92 Å². The second-order valence-corrected chi connectivity index (χ2v) is 8.13. The number of carbonyl (C=O) groups excluding carboxylic acids is 1. The van der Waals surface area contributed by atoms with Crippen LogP contribution < -0.4 is 19.1 Å². The van der Waals surface area contributed by atoms with Crippen molar-refractivity contribution in [1.29, 1.82) is 0 Å². The molecule has 4 aromatic rings. The van der Waals surface area contributed by atoms with Crippen LogP contribution in [0.3, 0.4) is 0 Å². The molecule has 1 aliphatic heterocycles. The number of benzene rings is 2. The number of amides is 1. The van der Waals surface area contributed by atoms with E-state index in [2.05, 4.69) is 25.2 Å². The molecule has 0 spiro atoms. The highest BCUT2D eigenvalue weighted by molar-refractivity contribution is 5.84. The zero-order valence-corrected chi connectivity index (χ0v) is 20.2. The zero-order chi connectivity index (χ0) is 24.9. The van der Waals surface area contributed by atoms with Crippen LogP contribution in [0, 0.1) is 0 Å². The van der Waals surface area contributed by atoms with Crippen LogP contribution in [0.2, 0.25) is 0 Å². The molecule has 1 amide bonds. The lowest BCUT2D eigenvalue weighted by molar-refractivity contribution is -0.133. The normalized spacial score (nSPS) is 13.6. The summed E-state index contributed by atoms with van der Waals surface area (Å²) in [6.45, 7) is 4.90. The molecule has 0 unspecified atom stereocenters. The van der Waals surface area contributed by atoms with E-state index in [1.807, 2.05) is 31.2 Å². The molecule has 1 aliphatic rings. The molecule has 0 radical (unpaired) electrons. The Bertz CT molecular complexity index is 1320. The Kier molecular flexibility index (Phi) is 6.78. The first-order chi connectivity index (χ1) is 17.7. The minimum atomic E-state index is -0.0558. The van der Waals surface area contributed by atoms with Gasteiger partial charge in [-0.3, -0.25) is 4.79 Å². The summed E-state index contributed by atoms with van der Waals surface area (Å²) in [7, 11) is 1.61. The molecule has 0 atom stereocenters. The molecule has 5 rings (SSSR count).